The number of nitrogens with zero attached hydrogens (tertiary/aromatic N) is 1. The van der Waals surface area contributed by atoms with E-state index in [0.717, 1.165) is 11.1 Å². The van der Waals surface area contributed by atoms with Crippen molar-refractivity contribution in [1.29, 1.82) is 0 Å². The molecule has 1 N–H and O–H groups in total. The minimum Gasteiger partial charge on any atom is -0.343 e. The van der Waals surface area contributed by atoms with E-state index in [1.807, 2.05) is 50.2 Å². The molecule has 0 aliphatic carbocycles. The zero-order chi connectivity index (χ0) is 14.6. The van der Waals surface area contributed by atoms with Crippen molar-refractivity contribution < 1.29 is 4.79 Å². The summed E-state index contributed by atoms with van der Waals surface area (Å²) in [6.07, 6.45) is 3.50. The highest BCUT2D eigenvalue weighted by Crippen LogP contribution is 2.20. The largest absolute Gasteiger partial charge is 0.343 e. The second-order valence-corrected chi connectivity index (χ2v) is 5.67. The topological polar surface area (TPSA) is 42.0 Å². The first-order valence-electron chi connectivity index (χ1n) is 6.41. The molecule has 1 heterocycles. The number of alkyl halides is 1. The molecule has 1 amide bonds. The van der Waals surface area contributed by atoms with E-state index in [1.165, 1.54) is 0 Å². The van der Waals surface area contributed by atoms with Crippen molar-refractivity contribution in [2.75, 3.05) is 0 Å². The summed E-state index contributed by atoms with van der Waals surface area (Å²) in [6, 6.07) is 11.4. The molecule has 0 radical (unpaired) electrons. The summed E-state index contributed by atoms with van der Waals surface area (Å²) in [4.78, 5) is 16.6. The molecule has 104 valence electrons. The Morgan fingerprint density at radius 3 is 2.65 bits per heavy atom. The maximum absolute atomic E-state index is 12.5. The van der Waals surface area contributed by atoms with E-state index in [2.05, 4.69) is 26.2 Å². The SMILES string of the molecule is CC(C)(NC(=O)c1ccccc1CBr)c1cccnc1. The van der Waals surface area contributed by atoms with E-state index < -0.39 is 5.54 Å². The molecular formula is C16H17BrN2O. The summed E-state index contributed by atoms with van der Waals surface area (Å²) < 4.78 is 0. The first kappa shape index (κ1) is 14.7. The third kappa shape index (κ3) is 3.25. The number of benzene rings is 1. The van der Waals surface area contributed by atoms with Crippen molar-refractivity contribution in [3.63, 3.8) is 0 Å². The van der Waals surface area contributed by atoms with Gasteiger partial charge in [-0.25, -0.2) is 0 Å². The van der Waals surface area contributed by atoms with Crippen LogP contribution in [0.15, 0.2) is 48.8 Å². The third-order valence-corrected chi connectivity index (χ3v) is 3.82. The van der Waals surface area contributed by atoms with Gasteiger partial charge < -0.3 is 5.32 Å². The van der Waals surface area contributed by atoms with E-state index in [4.69, 9.17) is 0 Å². The van der Waals surface area contributed by atoms with Crippen LogP contribution < -0.4 is 5.32 Å². The number of rotatable bonds is 4. The van der Waals surface area contributed by atoms with Crippen molar-refractivity contribution in [1.82, 2.24) is 10.3 Å². The minimum atomic E-state index is -0.467. The van der Waals surface area contributed by atoms with Crippen LogP contribution in [0, 0.1) is 0 Å². The van der Waals surface area contributed by atoms with Gasteiger partial charge in [0.15, 0.2) is 0 Å². The van der Waals surface area contributed by atoms with E-state index in [1.54, 1.807) is 12.4 Å². The number of hydrogen-bond acceptors (Lipinski definition) is 2. The van der Waals surface area contributed by atoms with Crippen LogP contribution in [-0.4, -0.2) is 10.9 Å². The zero-order valence-corrected chi connectivity index (χ0v) is 13.1. The Hall–Kier alpha value is -1.68. The maximum Gasteiger partial charge on any atom is 0.252 e. The molecule has 0 spiro atoms. The van der Waals surface area contributed by atoms with Gasteiger partial charge in [0.2, 0.25) is 0 Å². The van der Waals surface area contributed by atoms with E-state index >= 15 is 0 Å². The zero-order valence-electron chi connectivity index (χ0n) is 11.6. The molecule has 0 bridgehead atoms. The van der Waals surface area contributed by atoms with Crippen molar-refractivity contribution >= 4 is 21.8 Å². The summed E-state index contributed by atoms with van der Waals surface area (Å²) >= 11 is 3.41. The Bertz CT molecular complexity index is 596. The van der Waals surface area contributed by atoms with Gasteiger partial charge >= 0.3 is 0 Å². The van der Waals surface area contributed by atoms with Crippen molar-refractivity contribution in [2.24, 2.45) is 0 Å². The highest BCUT2D eigenvalue weighted by atomic mass is 79.9. The molecule has 1 aromatic heterocycles. The van der Waals surface area contributed by atoms with Crippen LogP contribution in [0.1, 0.15) is 35.3 Å². The lowest BCUT2D eigenvalue weighted by atomic mass is 9.95. The average Bonchev–Trinajstić information content (AvgIpc) is 2.47. The average molecular weight is 333 g/mol. The van der Waals surface area contributed by atoms with E-state index in [0.29, 0.717) is 10.9 Å². The van der Waals surface area contributed by atoms with Crippen molar-refractivity contribution in [2.45, 2.75) is 24.7 Å². The Morgan fingerprint density at radius 2 is 2.00 bits per heavy atom. The Balaban J connectivity index is 2.23. The number of carbonyl (C=O) groups is 1. The number of amides is 1. The summed E-state index contributed by atoms with van der Waals surface area (Å²) in [6.45, 7) is 3.94. The van der Waals surface area contributed by atoms with Gasteiger partial charge in [0.1, 0.15) is 0 Å². The molecule has 2 rings (SSSR count). The molecule has 0 aliphatic rings. The van der Waals surface area contributed by atoms with Gasteiger partial charge in [0, 0.05) is 23.3 Å². The van der Waals surface area contributed by atoms with Gasteiger partial charge in [-0.3, -0.25) is 9.78 Å². The molecule has 3 nitrogen and oxygen atoms in total. The molecule has 0 saturated carbocycles. The number of nitrogens with one attached hydrogen (secondary N) is 1. The minimum absolute atomic E-state index is 0.0751. The molecule has 0 aliphatic heterocycles. The molecule has 0 atom stereocenters. The first-order valence-corrected chi connectivity index (χ1v) is 7.53. The highest BCUT2D eigenvalue weighted by molar-refractivity contribution is 9.08. The normalized spacial score (nSPS) is 11.2. The molecule has 2 aromatic rings. The fourth-order valence-electron chi connectivity index (χ4n) is 2.01. The van der Waals surface area contributed by atoms with Crippen LogP contribution in [0.3, 0.4) is 0 Å². The quantitative estimate of drug-likeness (QED) is 0.868. The van der Waals surface area contributed by atoms with E-state index in [9.17, 15) is 4.79 Å². The number of pyridine rings is 1. The second-order valence-electron chi connectivity index (χ2n) is 5.11. The van der Waals surface area contributed by atoms with Crippen LogP contribution >= 0.6 is 15.9 Å². The lowest BCUT2D eigenvalue weighted by Gasteiger charge is -2.27. The smallest absolute Gasteiger partial charge is 0.252 e. The number of hydrogen-bond donors (Lipinski definition) is 1. The van der Waals surface area contributed by atoms with Crippen LogP contribution in [0.5, 0.6) is 0 Å². The maximum atomic E-state index is 12.5. The van der Waals surface area contributed by atoms with Gasteiger partial charge in [-0.05, 0) is 37.1 Å². The number of halogens is 1. The van der Waals surface area contributed by atoms with Crippen LogP contribution in [0.4, 0.5) is 0 Å². The molecule has 0 saturated heterocycles. The summed E-state index contributed by atoms with van der Waals surface area (Å²) in [7, 11) is 0. The van der Waals surface area contributed by atoms with Crippen LogP contribution in [-0.2, 0) is 10.9 Å². The molecule has 20 heavy (non-hydrogen) atoms. The number of aromatic nitrogens is 1. The number of carbonyl (C=O) groups excluding carboxylic acids is 1. The summed E-state index contributed by atoms with van der Waals surface area (Å²) in [5, 5.41) is 3.72. The van der Waals surface area contributed by atoms with Crippen molar-refractivity contribution in [3.8, 4) is 0 Å². The van der Waals surface area contributed by atoms with Crippen molar-refractivity contribution in [3.05, 3.63) is 65.5 Å². The third-order valence-electron chi connectivity index (χ3n) is 3.22. The van der Waals surface area contributed by atoms with Gasteiger partial charge in [-0.1, -0.05) is 40.2 Å². The predicted octanol–water partition coefficient (Wildman–Crippen LogP) is 3.64. The van der Waals surface area contributed by atoms with Gasteiger partial charge in [-0.15, -0.1) is 0 Å². The summed E-state index contributed by atoms with van der Waals surface area (Å²) in [5.41, 5.74) is 2.18. The molecule has 0 unspecified atom stereocenters. The lowest BCUT2D eigenvalue weighted by Crippen LogP contribution is -2.41. The van der Waals surface area contributed by atoms with Crippen LogP contribution in [0.25, 0.3) is 0 Å². The lowest BCUT2D eigenvalue weighted by molar-refractivity contribution is 0.0911. The Labute approximate surface area is 127 Å². The Morgan fingerprint density at radius 1 is 1.25 bits per heavy atom. The predicted molar refractivity (Wildman–Crippen MR) is 83.8 cm³/mol. The Kier molecular flexibility index (Phi) is 4.55. The molecule has 0 fully saturated rings. The first-order chi connectivity index (χ1) is 9.54. The fraction of sp³-hybridized carbons (Fsp3) is 0.250. The monoisotopic (exact) mass is 332 g/mol. The van der Waals surface area contributed by atoms with Gasteiger partial charge in [0.05, 0.1) is 5.54 Å². The molecule has 4 heteroatoms. The molecular weight excluding hydrogens is 316 g/mol. The second kappa shape index (κ2) is 6.18. The molecule has 1 aromatic carbocycles. The van der Waals surface area contributed by atoms with E-state index in [-0.39, 0.29) is 5.91 Å². The van der Waals surface area contributed by atoms with Gasteiger partial charge in [0.25, 0.3) is 5.91 Å². The summed E-state index contributed by atoms with van der Waals surface area (Å²) in [5.74, 6) is -0.0751. The standard InChI is InChI=1S/C16H17BrN2O/c1-16(2,13-7-5-9-18-11-13)19-15(20)14-8-4-3-6-12(14)10-17/h3-9,11H,10H2,1-2H3,(H,19,20). The highest BCUT2D eigenvalue weighted by Gasteiger charge is 2.24. The van der Waals surface area contributed by atoms with Gasteiger partial charge in [-0.2, -0.15) is 0 Å². The van der Waals surface area contributed by atoms with Crippen LogP contribution in [0.2, 0.25) is 0 Å². The fourth-order valence-corrected chi connectivity index (χ4v) is 2.50.